The highest BCUT2D eigenvalue weighted by atomic mass is 16.2. The van der Waals surface area contributed by atoms with Gasteiger partial charge in [0.25, 0.3) is 5.91 Å². The number of amides is 2. The van der Waals surface area contributed by atoms with Gasteiger partial charge in [-0.25, -0.2) is 0 Å². The molecule has 0 bridgehead atoms. The van der Waals surface area contributed by atoms with E-state index in [-0.39, 0.29) is 11.8 Å². The van der Waals surface area contributed by atoms with Gasteiger partial charge in [-0.3, -0.25) is 14.5 Å². The molecule has 148 valence electrons. The van der Waals surface area contributed by atoms with Crippen LogP contribution in [0.5, 0.6) is 0 Å². The van der Waals surface area contributed by atoms with E-state index in [1.165, 1.54) is 5.56 Å². The molecule has 3 rings (SSSR count). The van der Waals surface area contributed by atoms with Crippen LogP contribution in [0.15, 0.2) is 48.5 Å². The van der Waals surface area contributed by atoms with Crippen LogP contribution in [0.3, 0.4) is 0 Å². The molecule has 1 aliphatic heterocycles. The van der Waals surface area contributed by atoms with Crippen LogP contribution < -0.4 is 4.90 Å². The zero-order valence-corrected chi connectivity index (χ0v) is 17.0. The molecule has 2 aromatic carbocycles. The summed E-state index contributed by atoms with van der Waals surface area (Å²) < 4.78 is 0. The van der Waals surface area contributed by atoms with E-state index in [0.717, 1.165) is 43.9 Å². The normalized spacial score (nSPS) is 12.9. The van der Waals surface area contributed by atoms with Gasteiger partial charge in [-0.1, -0.05) is 37.3 Å². The standard InChI is InChI=1S/C23H29N3O2/c1-4-25(17-18-9-11-20(12-10-18)23(28)24(2)3)15-14-22(27)26-16-13-19-7-5-6-8-21(19)26/h5-12H,4,13-17H2,1-3H3. The summed E-state index contributed by atoms with van der Waals surface area (Å²) in [7, 11) is 3.51. The first-order valence-corrected chi connectivity index (χ1v) is 9.90. The lowest BCUT2D eigenvalue weighted by atomic mass is 10.1. The second kappa shape index (κ2) is 9.02. The van der Waals surface area contributed by atoms with Crippen molar-refractivity contribution >= 4 is 17.5 Å². The van der Waals surface area contributed by atoms with Crippen molar-refractivity contribution in [2.24, 2.45) is 0 Å². The average Bonchev–Trinajstić information content (AvgIpc) is 3.15. The molecular formula is C23H29N3O2. The van der Waals surface area contributed by atoms with E-state index in [9.17, 15) is 9.59 Å². The van der Waals surface area contributed by atoms with Gasteiger partial charge < -0.3 is 9.80 Å². The molecule has 0 atom stereocenters. The van der Waals surface area contributed by atoms with Crippen LogP contribution in [0.2, 0.25) is 0 Å². The van der Waals surface area contributed by atoms with Crippen molar-refractivity contribution in [3.8, 4) is 0 Å². The molecule has 0 N–H and O–H groups in total. The lowest BCUT2D eigenvalue weighted by Crippen LogP contribution is -2.33. The van der Waals surface area contributed by atoms with Crippen molar-refractivity contribution in [1.29, 1.82) is 0 Å². The number of hydrogen-bond acceptors (Lipinski definition) is 3. The second-order valence-corrected chi connectivity index (χ2v) is 7.44. The Morgan fingerprint density at radius 1 is 1.04 bits per heavy atom. The van der Waals surface area contributed by atoms with Crippen molar-refractivity contribution in [2.75, 3.05) is 38.6 Å². The molecule has 0 aromatic heterocycles. The zero-order valence-electron chi connectivity index (χ0n) is 17.0. The van der Waals surface area contributed by atoms with Crippen LogP contribution in [0.4, 0.5) is 5.69 Å². The molecule has 0 fully saturated rings. The molecule has 1 aliphatic rings. The van der Waals surface area contributed by atoms with Crippen LogP contribution in [-0.2, 0) is 17.8 Å². The Morgan fingerprint density at radius 2 is 1.75 bits per heavy atom. The van der Waals surface area contributed by atoms with Gasteiger partial charge in [0.2, 0.25) is 5.91 Å². The lowest BCUT2D eigenvalue weighted by Gasteiger charge is -2.23. The molecule has 2 aromatic rings. The van der Waals surface area contributed by atoms with Crippen LogP contribution >= 0.6 is 0 Å². The summed E-state index contributed by atoms with van der Waals surface area (Å²) in [5, 5.41) is 0. The third-order valence-corrected chi connectivity index (χ3v) is 5.29. The van der Waals surface area contributed by atoms with Gasteiger partial charge in [-0.05, 0) is 42.3 Å². The average molecular weight is 380 g/mol. The number of nitrogens with zero attached hydrogens (tertiary/aromatic N) is 3. The monoisotopic (exact) mass is 379 g/mol. The Morgan fingerprint density at radius 3 is 2.43 bits per heavy atom. The highest BCUT2D eigenvalue weighted by molar-refractivity contribution is 5.95. The van der Waals surface area contributed by atoms with Crippen molar-refractivity contribution in [1.82, 2.24) is 9.80 Å². The minimum absolute atomic E-state index is 0.00962. The summed E-state index contributed by atoms with van der Waals surface area (Å²) in [4.78, 5) is 30.5. The maximum atomic E-state index is 12.7. The summed E-state index contributed by atoms with van der Waals surface area (Å²) in [6.07, 6.45) is 1.46. The topological polar surface area (TPSA) is 43.9 Å². The van der Waals surface area contributed by atoms with Crippen molar-refractivity contribution in [3.63, 3.8) is 0 Å². The molecule has 0 radical (unpaired) electrons. The third kappa shape index (κ3) is 4.60. The number of carbonyl (C=O) groups is 2. The highest BCUT2D eigenvalue weighted by Gasteiger charge is 2.24. The van der Waals surface area contributed by atoms with Crippen molar-refractivity contribution in [3.05, 3.63) is 65.2 Å². The van der Waals surface area contributed by atoms with Gasteiger partial charge in [0, 0.05) is 51.4 Å². The van der Waals surface area contributed by atoms with Crippen molar-refractivity contribution in [2.45, 2.75) is 26.3 Å². The first-order chi connectivity index (χ1) is 13.5. The van der Waals surface area contributed by atoms with E-state index < -0.39 is 0 Å². The number of hydrogen-bond donors (Lipinski definition) is 0. The summed E-state index contributed by atoms with van der Waals surface area (Å²) >= 11 is 0. The predicted molar refractivity (Wildman–Crippen MR) is 113 cm³/mol. The van der Waals surface area contributed by atoms with E-state index in [1.54, 1.807) is 19.0 Å². The van der Waals surface area contributed by atoms with E-state index in [2.05, 4.69) is 17.9 Å². The van der Waals surface area contributed by atoms with Crippen LogP contribution in [0, 0.1) is 0 Å². The summed E-state index contributed by atoms with van der Waals surface area (Å²) in [5.74, 6) is 0.200. The highest BCUT2D eigenvalue weighted by Crippen LogP contribution is 2.27. The molecule has 28 heavy (non-hydrogen) atoms. The number of para-hydroxylation sites is 1. The molecule has 0 unspecified atom stereocenters. The number of fused-ring (bicyclic) bond motifs is 1. The second-order valence-electron chi connectivity index (χ2n) is 7.44. The predicted octanol–water partition coefficient (Wildman–Crippen LogP) is 3.19. The van der Waals surface area contributed by atoms with Gasteiger partial charge in [-0.15, -0.1) is 0 Å². The fourth-order valence-electron chi connectivity index (χ4n) is 3.60. The van der Waals surface area contributed by atoms with Gasteiger partial charge in [0.1, 0.15) is 0 Å². The molecular weight excluding hydrogens is 350 g/mol. The Hall–Kier alpha value is -2.66. The summed E-state index contributed by atoms with van der Waals surface area (Å²) in [6.45, 7) is 5.27. The third-order valence-electron chi connectivity index (χ3n) is 5.29. The largest absolute Gasteiger partial charge is 0.345 e. The number of carbonyl (C=O) groups excluding carboxylic acids is 2. The van der Waals surface area contributed by atoms with Gasteiger partial charge in [0.15, 0.2) is 0 Å². The Balaban J connectivity index is 1.55. The Labute approximate surface area is 167 Å². The number of rotatable bonds is 7. The Bertz CT molecular complexity index is 830. The molecule has 5 nitrogen and oxygen atoms in total. The summed E-state index contributed by atoms with van der Waals surface area (Å²) in [5.41, 5.74) is 4.17. The Kier molecular flexibility index (Phi) is 6.47. The zero-order chi connectivity index (χ0) is 20.1. The first kappa shape index (κ1) is 20.1. The van der Waals surface area contributed by atoms with E-state index in [0.29, 0.717) is 12.0 Å². The smallest absolute Gasteiger partial charge is 0.253 e. The minimum Gasteiger partial charge on any atom is -0.345 e. The molecule has 0 aliphatic carbocycles. The number of benzene rings is 2. The molecule has 0 saturated heterocycles. The van der Waals surface area contributed by atoms with Crippen molar-refractivity contribution < 1.29 is 9.59 Å². The van der Waals surface area contributed by atoms with Crippen LogP contribution in [0.25, 0.3) is 0 Å². The molecule has 0 saturated carbocycles. The van der Waals surface area contributed by atoms with Gasteiger partial charge >= 0.3 is 0 Å². The van der Waals surface area contributed by atoms with Gasteiger partial charge in [-0.2, -0.15) is 0 Å². The lowest BCUT2D eigenvalue weighted by molar-refractivity contribution is -0.118. The van der Waals surface area contributed by atoms with Crippen LogP contribution in [0.1, 0.15) is 34.8 Å². The molecule has 2 amide bonds. The maximum Gasteiger partial charge on any atom is 0.253 e. The quantitative estimate of drug-likeness (QED) is 0.742. The first-order valence-electron chi connectivity index (χ1n) is 9.90. The van der Waals surface area contributed by atoms with E-state index >= 15 is 0 Å². The maximum absolute atomic E-state index is 12.7. The SMILES string of the molecule is CCN(CCC(=O)N1CCc2ccccc21)Cc1ccc(C(=O)N(C)C)cc1. The molecule has 0 spiro atoms. The van der Waals surface area contributed by atoms with Gasteiger partial charge in [0.05, 0.1) is 0 Å². The minimum atomic E-state index is 0.00962. The van der Waals surface area contributed by atoms with E-state index in [1.807, 2.05) is 47.4 Å². The number of anilines is 1. The fourth-order valence-corrected chi connectivity index (χ4v) is 3.60. The van der Waals surface area contributed by atoms with E-state index in [4.69, 9.17) is 0 Å². The molecule has 1 heterocycles. The van der Waals surface area contributed by atoms with Crippen LogP contribution in [-0.4, -0.2) is 55.3 Å². The summed E-state index contributed by atoms with van der Waals surface area (Å²) in [6, 6.07) is 15.9. The fraction of sp³-hybridized carbons (Fsp3) is 0.391. The molecule has 5 heteroatoms.